The van der Waals surface area contributed by atoms with E-state index in [1.807, 2.05) is 0 Å². The molecule has 1 heterocycles. The standard InChI is InChI=1S/C33H28F4N2O2/c1-3-21-16-17-24(19-26(21)33(35,36)37)38-31(40)25-18-23-13-7-8-15-28(23)39(30(25)22-11-5-4-6-12-22)32(41)29-20(2)10-9-14-27(29)34/h4-17,19,25,30H,3,18H2,1-2H3,(H,38,40)/t25-,30-/m0/s1. The van der Waals surface area contributed by atoms with Gasteiger partial charge in [-0.1, -0.05) is 73.7 Å². The van der Waals surface area contributed by atoms with Gasteiger partial charge in [-0.25, -0.2) is 4.39 Å². The molecule has 4 nitrogen and oxygen atoms in total. The molecule has 2 amide bonds. The molecular weight excluding hydrogens is 532 g/mol. The van der Waals surface area contributed by atoms with Crippen LogP contribution in [0.3, 0.4) is 0 Å². The first kappa shape index (κ1) is 28.1. The summed E-state index contributed by atoms with van der Waals surface area (Å²) in [6.07, 6.45) is -4.17. The van der Waals surface area contributed by atoms with Crippen LogP contribution in [0, 0.1) is 18.7 Å². The smallest absolute Gasteiger partial charge is 0.326 e. The molecule has 0 spiro atoms. The lowest BCUT2D eigenvalue weighted by Gasteiger charge is -2.42. The van der Waals surface area contributed by atoms with Gasteiger partial charge in [0.25, 0.3) is 5.91 Å². The Labute approximate surface area is 235 Å². The predicted molar refractivity (Wildman–Crippen MR) is 150 cm³/mol. The fourth-order valence-electron chi connectivity index (χ4n) is 5.58. The normalized spacial score (nSPS) is 16.7. The summed E-state index contributed by atoms with van der Waals surface area (Å²) in [4.78, 5) is 29.5. The van der Waals surface area contributed by atoms with Gasteiger partial charge in [0.05, 0.1) is 23.1 Å². The SMILES string of the molecule is CCc1ccc(NC(=O)[C@H]2Cc3ccccc3N(C(=O)c3c(C)cccc3F)[C@H]2c2ccccc2)cc1C(F)(F)F. The molecule has 1 N–H and O–H groups in total. The highest BCUT2D eigenvalue weighted by Gasteiger charge is 2.43. The van der Waals surface area contributed by atoms with Crippen LogP contribution in [0.4, 0.5) is 28.9 Å². The molecule has 4 aromatic rings. The van der Waals surface area contributed by atoms with Crippen LogP contribution in [0.25, 0.3) is 0 Å². The summed E-state index contributed by atoms with van der Waals surface area (Å²) in [6, 6.07) is 23.3. The van der Waals surface area contributed by atoms with Crippen LogP contribution >= 0.6 is 0 Å². The quantitative estimate of drug-likeness (QED) is 0.252. The van der Waals surface area contributed by atoms with Gasteiger partial charge in [-0.15, -0.1) is 0 Å². The number of carbonyl (C=O) groups is 2. The van der Waals surface area contributed by atoms with Crippen molar-refractivity contribution in [3.8, 4) is 0 Å². The van der Waals surface area contributed by atoms with Gasteiger partial charge in [0.1, 0.15) is 5.82 Å². The fourth-order valence-corrected chi connectivity index (χ4v) is 5.58. The molecular formula is C33H28F4N2O2. The third kappa shape index (κ3) is 5.46. The number of hydrogen-bond donors (Lipinski definition) is 1. The van der Waals surface area contributed by atoms with E-state index in [-0.39, 0.29) is 29.7 Å². The highest BCUT2D eigenvalue weighted by Crippen LogP contribution is 2.44. The zero-order valence-corrected chi connectivity index (χ0v) is 22.5. The highest BCUT2D eigenvalue weighted by molar-refractivity contribution is 6.09. The lowest BCUT2D eigenvalue weighted by Crippen LogP contribution is -2.47. The van der Waals surface area contributed by atoms with Gasteiger partial charge in [0.15, 0.2) is 0 Å². The van der Waals surface area contributed by atoms with E-state index in [9.17, 15) is 22.8 Å². The molecule has 41 heavy (non-hydrogen) atoms. The molecule has 0 radical (unpaired) electrons. The van der Waals surface area contributed by atoms with Crippen molar-refractivity contribution in [2.75, 3.05) is 10.2 Å². The number of rotatable bonds is 5. The Kier molecular flexibility index (Phi) is 7.67. The number of nitrogens with zero attached hydrogens (tertiary/aromatic N) is 1. The Balaban J connectivity index is 1.62. The number of benzene rings is 4. The molecule has 0 aliphatic carbocycles. The average molecular weight is 561 g/mol. The average Bonchev–Trinajstić information content (AvgIpc) is 2.96. The van der Waals surface area contributed by atoms with E-state index in [0.29, 0.717) is 22.4 Å². The van der Waals surface area contributed by atoms with Crippen LogP contribution in [0.2, 0.25) is 0 Å². The minimum Gasteiger partial charge on any atom is -0.326 e. The van der Waals surface area contributed by atoms with Crippen molar-refractivity contribution in [2.24, 2.45) is 5.92 Å². The first-order valence-electron chi connectivity index (χ1n) is 13.3. The fraction of sp³-hybridized carbons (Fsp3) is 0.212. The molecule has 2 atom stereocenters. The second-order valence-corrected chi connectivity index (χ2v) is 10.1. The first-order chi connectivity index (χ1) is 19.6. The second-order valence-electron chi connectivity index (χ2n) is 10.1. The van der Waals surface area contributed by atoms with Crippen LogP contribution in [0.5, 0.6) is 0 Å². The minimum atomic E-state index is -4.58. The summed E-state index contributed by atoms with van der Waals surface area (Å²) in [5.41, 5.74) is 1.55. The lowest BCUT2D eigenvalue weighted by atomic mass is 9.80. The van der Waals surface area contributed by atoms with Gasteiger partial charge in [-0.2, -0.15) is 13.2 Å². The summed E-state index contributed by atoms with van der Waals surface area (Å²) < 4.78 is 56.3. The molecule has 4 aromatic carbocycles. The monoisotopic (exact) mass is 560 g/mol. The maximum Gasteiger partial charge on any atom is 0.416 e. The number of amides is 2. The Hall–Kier alpha value is -4.46. The molecule has 0 unspecified atom stereocenters. The van der Waals surface area contributed by atoms with Gasteiger partial charge < -0.3 is 5.32 Å². The predicted octanol–water partition coefficient (Wildman–Crippen LogP) is 7.91. The minimum absolute atomic E-state index is 0.00743. The number of hydrogen-bond acceptors (Lipinski definition) is 2. The zero-order chi connectivity index (χ0) is 29.3. The number of halogens is 4. The topological polar surface area (TPSA) is 49.4 Å². The summed E-state index contributed by atoms with van der Waals surface area (Å²) in [5.74, 6) is -2.72. The van der Waals surface area contributed by atoms with Crippen molar-refractivity contribution in [3.05, 3.63) is 130 Å². The summed E-state index contributed by atoms with van der Waals surface area (Å²) in [6.45, 7) is 3.28. The van der Waals surface area contributed by atoms with Crippen LogP contribution in [-0.4, -0.2) is 11.8 Å². The van der Waals surface area contributed by atoms with E-state index in [0.717, 1.165) is 6.07 Å². The first-order valence-corrected chi connectivity index (χ1v) is 13.3. The summed E-state index contributed by atoms with van der Waals surface area (Å²) in [5, 5.41) is 2.68. The summed E-state index contributed by atoms with van der Waals surface area (Å²) in [7, 11) is 0. The zero-order valence-electron chi connectivity index (χ0n) is 22.5. The van der Waals surface area contributed by atoms with E-state index in [1.54, 1.807) is 74.5 Å². The van der Waals surface area contributed by atoms with Crippen molar-refractivity contribution in [1.29, 1.82) is 0 Å². The van der Waals surface area contributed by atoms with Crippen LogP contribution in [-0.2, 0) is 23.8 Å². The van der Waals surface area contributed by atoms with Gasteiger partial charge in [0.2, 0.25) is 5.91 Å². The Bertz CT molecular complexity index is 1580. The number of nitrogens with one attached hydrogen (secondary N) is 1. The molecule has 1 aliphatic rings. The third-order valence-electron chi connectivity index (χ3n) is 7.55. The maximum atomic E-state index is 15.1. The van der Waals surface area contributed by atoms with Crippen molar-refractivity contribution in [3.63, 3.8) is 0 Å². The van der Waals surface area contributed by atoms with Crippen LogP contribution < -0.4 is 10.2 Å². The van der Waals surface area contributed by atoms with Crippen molar-refractivity contribution >= 4 is 23.2 Å². The van der Waals surface area contributed by atoms with Crippen LogP contribution in [0.15, 0.2) is 91.0 Å². The molecule has 5 rings (SSSR count). The van der Waals surface area contributed by atoms with Gasteiger partial charge in [-0.3, -0.25) is 14.5 Å². The Morgan fingerprint density at radius 2 is 1.63 bits per heavy atom. The van der Waals surface area contributed by atoms with Gasteiger partial charge >= 0.3 is 6.18 Å². The number of anilines is 2. The third-order valence-corrected chi connectivity index (χ3v) is 7.55. The molecule has 8 heteroatoms. The van der Waals surface area contributed by atoms with E-state index in [2.05, 4.69) is 5.32 Å². The van der Waals surface area contributed by atoms with E-state index < -0.39 is 41.3 Å². The molecule has 0 fully saturated rings. The lowest BCUT2D eigenvalue weighted by molar-refractivity contribution is -0.138. The largest absolute Gasteiger partial charge is 0.416 e. The van der Waals surface area contributed by atoms with Crippen molar-refractivity contribution in [2.45, 2.75) is 38.9 Å². The van der Waals surface area contributed by atoms with E-state index in [4.69, 9.17) is 0 Å². The molecule has 0 aromatic heterocycles. The van der Waals surface area contributed by atoms with Crippen molar-refractivity contribution < 1.29 is 27.2 Å². The van der Waals surface area contributed by atoms with Crippen molar-refractivity contribution in [1.82, 2.24) is 0 Å². The molecule has 0 saturated heterocycles. The number of fused-ring (bicyclic) bond motifs is 1. The molecule has 0 bridgehead atoms. The van der Waals surface area contributed by atoms with E-state index >= 15 is 4.39 Å². The maximum absolute atomic E-state index is 15.1. The molecule has 1 aliphatic heterocycles. The molecule has 210 valence electrons. The Morgan fingerprint density at radius 3 is 2.32 bits per heavy atom. The Morgan fingerprint density at radius 1 is 0.927 bits per heavy atom. The van der Waals surface area contributed by atoms with Gasteiger partial charge in [0, 0.05) is 11.4 Å². The molecule has 0 saturated carbocycles. The highest BCUT2D eigenvalue weighted by atomic mass is 19.4. The number of alkyl halides is 3. The summed E-state index contributed by atoms with van der Waals surface area (Å²) >= 11 is 0. The number of para-hydroxylation sites is 1. The number of aryl methyl sites for hydroxylation is 2. The number of carbonyl (C=O) groups excluding carboxylic acids is 2. The van der Waals surface area contributed by atoms with Gasteiger partial charge in [-0.05, 0) is 66.3 Å². The van der Waals surface area contributed by atoms with E-state index in [1.165, 1.54) is 29.2 Å². The van der Waals surface area contributed by atoms with Crippen LogP contribution in [0.1, 0.15) is 51.1 Å². The second kappa shape index (κ2) is 11.2.